The van der Waals surface area contributed by atoms with Crippen molar-refractivity contribution in [1.29, 1.82) is 0 Å². The van der Waals surface area contributed by atoms with Crippen LogP contribution in [0, 0.1) is 0 Å². The summed E-state index contributed by atoms with van der Waals surface area (Å²) in [5, 5.41) is 0. The number of benzene rings is 1. The van der Waals surface area contributed by atoms with E-state index in [-0.39, 0.29) is 0 Å². The van der Waals surface area contributed by atoms with Crippen molar-refractivity contribution < 1.29 is 9.47 Å². The molecule has 2 rings (SSSR count). The minimum atomic E-state index is 0.466. The van der Waals surface area contributed by atoms with Crippen LogP contribution in [-0.4, -0.2) is 19.3 Å². The molecule has 1 fully saturated rings. The van der Waals surface area contributed by atoms with Crippen LogP contribution in [0.3, 0.4) is 0 Å². The number of halogens is 1. The predicted molar refractivity (Wildman–Crippen MR) is 68.0 cm³/mol. The molecule has 0 aromatic heterocycles. The van der Waals surface area contributed by atoms with E-state index in [0.717, 1.165) is 29.5 Å². The van der Waals surface area contributed by atoms with Crippen LogP contribution in [0.15, 0.2) is 22.7 Å². The lowest BCUT2D eigenvalue weighted by atomic mass is 10.1. The van der Waals surface area contributed by atoms with E-state index >= 15 is 0 Å². The molecule has 0 N–H and O–H groups in total. The Labute approximate surface area is 105 Å². The average molecular weight is 285 g/mol. The third-order valence-electron chi connectivity index (χ3n) is 3.03. The summed E-state index contributed by atoms with van der Waals surface area (Å²) in [6.45, 7) is 2.17. The number of methoxy groups -OCH3 is 1. The third-order valence-corrected chi connectivity index (χ3v) is 3.52. The molecule has 1 saturated heterocycles. The van der Waals surface area contributed by atoms with Gasteiger partial charge in [-0.2, -0.15) is 0 Å². The molecule has 1 aliphatic heterocycles. The summed E-state index contributed by atoms with van der Waals surface area (Å²) in [6.07, 6.45) is 4.20. The summed E-state index contributed by atoms with van der Waals surface area (Å²) in [7, 11) is 1.72. The van der Waals surface area contributed by atoms with Crippen LogP contribution in [-0.2, 0) is 11.2 Å². The van der Waals surface area contributed by atoms with Crippen LogP contribution >= 0.6 is 15.9 Å². The lowest BCUT2D eigenvalue weighted by Crippen LogP contribution is -1.98. The van der Waals surface area contributed by atoms with Gasteiger partial charge in [0.2, 0.25) is 0 Å². The molecule has 88 valence electrons. The van der Waals surface area contributed by atoms with Crippen molar-refractivity contribution in [3.63, 3.8) is 0 Å². The van der Waals surface area contributed by atoms with Crippen molar-refractivity contribution in [2.45, 2.75) is 38.4 Å². The standard InChI is InChI=1S/C13H17BrO2/c1-3-11-13(16-11)6-4-9-8-10(14)5-7-12(9)15-2/h5,7-8,11,13H,3-4,6H2,1-2H3. The van der Waals surface area contributed by atoms with Crippen LogP contribution in [0.1, 0.15) is 25.3 Å². The van der Waals surface area contributed by atoms with Crippen LogP contribution in [0.2, 0.25) is 0 Å². The summed E-state index contributed by atoms with van der Waals surface area (Å²) >= 11 is 3.49. The number of hydrogen-bond acceptors (Lipinski definition) is 2. The Balaban J connectivity index is 1.95. The van der Waals surface area contributed by atoms with Gasteiger partial charge in [-0.05, 0) is 43.0 Å². The van der Waals surface area contributed by atoms with Gasteiger partial charge in [-0.3, -0.25) is 0 Å². The summed E-state index contributed by atoms with van der Waals surface area (Å²) in [6, 6.07) is 6.14. The van der Waals surface area contributed by atoms with Crippen LogP contribution < -0.4 is 4.74 Å². The zero-order valence-electron chi connectivity index (χ0n) is 9.70. The van der Waals surface area contributed by atoms with Gasteiger partial charge in [-0.15, -0.1) is 0 Å². The first-order valence-corrected chi connectivity index (χ1v) is 6.51. The maximum absolute atomic E-state index is 5.54. The molecule has 2 nitrogen and oxygen atoms in total. The summed E-state index contributed by atoms with van der Waals surface area (Å²) in [5.74, 6) is 0.969. The Hall–Kier alpha value is -0.540. The first kappa shape index (κ1) is 11.9. The van der Waals surface area contributed by atoms with Gasteiger partial charge < -0.3 is 9.47 Å². The number of ether oxygens (including phenoxy) is 2. The normalized spacial score (nSPS) is 23.2. The van der Waals surface area contributed by atoms with E-state index in [1.807, 2.05) is 12.1 Å². The van der Waals surface area contributed by atoms with Gasteiger partial charge >= 0.3 is 0 Å². The summed E-state index contributed by atoms with van der Waals surface area (Å²) < 4.78 is 12.0. The number of rotatable bonds is 5. The molecule has 3 heteroatoms. The summed E-state index contributed by atoms with van der Waals surface area (Å²) in [5.41, 5.74) is 1.25. The molecule has 0 aliphatic carbocycles. The second kappa shape index (κ2) is 5.19. The molecular weight excluding hydrogens is 268 g/mol. The van der Waals surface area contributed by atoms with E-state index in [2.05, 4.69) is 28.9 Å². The zero-order chi connectivity index (χ0) is 11.5. The smallest absolute Gasteiger partial charge is 0.122 e. The minimum absolute atomic E-state index is 0.466. The first-order valence-electron chi connectivity index (χ1n) is 5.72. The molecular formula is C13H17BrO2. The first-order chi connectivity index (χ1) is 7.74. The molecule has 0 bridgehead atoms. The maximum atomic E-state index is 5.54. The van der Waals surface area contributed by atoms with Gasteiger partial charge in [-0.25, -0.2) is 0 Å². The summed E-state index contributed by atoms with van der Waals surface area (Å²) in [4.78, 5) is 0. The van der Waals surface area contributed by atoms with Crippen molar-refractivity contribution in [3.05, 3.63) is 28.2 Å². The Morgan fingerprint density at radius 1 is 1.38 bits per heavy atom. The molecule has 1 aromatic rings. The fourth-order valence-corrected chi connectivity index (χ4v) is 2.44. The quantitative estimate of drug-likeness (QED) is 0.771. The second-order valence-corrected chi connectivity index (χ2v) is 5.03. The highest BCUT2D eigenvalue weighted by atomic mass is 79.9. The molecule has 0 saturated carbocycles. The largest absolute Gasteiger partial charge is 0.496 e. The van der Waals surface area contributed by atoms with Gasteiger partial charge in [0.05, 0.1) is 19.3 Å². The fraction of sp³-hybridized carbons (Fsp3) is 0.538. The molecule has 0 spiro atoms. The zero-order valence-corrected chi connectivity index (χ0v) is 11.3. The highest BCUT2D eigenvalue weighted by molar-refractivity contribution is 9.10. The molecule has 0 amide bonds. The van der Waals surface area contributed by atoms with Crippen molar-refractivity contribution >= 4 is 15.9 Å². The van der Waals surface area contributed by atoms with E-state index < -0.39 is 0 Å². The third kappa shape index (κ3) is 2.77. The van der Waals surface area contributed by atoms with Gasteiger partial charge in [0.15, 0.2) is 0 Å². The molecule has 1 aliphatic rings. The Kier molecular flexibility index (Phi) is 3.87. The molecule has 0 radical (unpaired) electrons. The molecule has 2 unspecified atom stereocenters. The Bertz CT molecular complexity index is 365. The van der Waals surface area contributed by atoms with E-state index in [4.69, 9.17) is 9.47 Å². The van der Waals surface area contributed by atoms with Crippen molar-refractivity contribution in [1.82, 2.24) is 0 Å². The van der Waals surface area contributed by atoms with Gasteiger partial charge in [0.25, 0.3) is 0 Å². The lowest BCUT2D eigenvalue weighted by Gasteiger charge is -2.08. The fourth-order valence-electron chi connectivity index (χ4n) is 2.03. The predicted octanol–water partition coefficient (Wildman–Crippen LogP) is 3.57. The van der Waals surface area contributed by atoms with Crippen molar-refractivity contribution in [2.75, 3.05) is 7.11 Å². The van der Waals surface area contributed by atoms with Crippen molar-refractivity contribution in [2.24, 2.45) is 0 Å². The lowest BCUT2D eigenvalue weighted by molar-refractivity contribution is 0.358. The SMILES string of the molecule is CCC1OC1CCc1cc(Br)ccc1OC. The van der Waals surface area contributed by atoms with Crippen LogP contribution in [0.25, 0.3) is 0 Å². The van der Waals surface area contributed by atoms with E-state index in [0.29, 0.717) is 12.2 Å². The minimum Gasteiger partial charge on any atom is -0.496 e. The second-order valence-electron chi connectivity index (χ2n) is 4.12. The molecule has 2 atom stereocenters. The van der Waals surface area contributed by atoms with E-state index in [1.165, 1.54) is 5.56 Å². The molecule has 1 heterocycles. The number of hydrogen-bond donors (Lipinski definition) is 0. The van der Waals surface area contributed by atoms with Crippen LogP contribution in [0.4, 0.5) is 0 Å². The van der Waals surface area contributed by atoms with Gasteiger partial charge in [0, 0.05) is 4.47 Å². The maximum Gasteiger partial charge on any atom is 0.122 e. The topological polar surface area (TPSA) is 21.8 Å². The Morgan fingerprint density at radius 2 is 2.19 bits per heavy atom. The number of epoxide rings is 1. The number of aryl methyl sites for hydroxylation is 1. The van der Waals surface area contributed by atoms with E-state index in [9.17, 15) is 0 Å². The van der Waals surface area contributed by atoms with Crippen LogP contribution in [0.5, 0.6) is 5.75 Å². The highest BCUT2D eigenvalue weighted by Crippen LogP contribution is 2.31. The monoisotopic (exact) mass is 284 g/mol. The Morgan fingerprint density at radius 3 is 2.81 bits per heavy atom. The van der Waals surface area contributed by atoms with Crippen molar-refractivity contribution in [3.8, 4) is 5.75 Å². The van der Waals surface area contributed by atoms with Gasteiger partial charge in [-0.1, -0.05) is 22.9 Å². The molecule has 16 heavy (non-hydrogen) atoms. The van der Waals surface area contributed by atoms with E-state index in [1.54, 1.807) is 7.11 Å². The molecule has 1 aromatic carbocycles. The highest BCUT2D eigenvalue weighted by Gasteiger charge is 2.36. The van der Waals surface area contributed by atoms with Gasteiger partial charge in [0.1, 0.15) is 5.75 Å². The average Bonchev–Trinajstić information content (AvgIpc) is 3.05.